The maximum atomic E-state index is 5.81. The molecule has 0 aromatic carbocycles. The average molecular weight is 374 g/mol. The highest BCUT2D eigenvalue weighted by molar-refractivity contribution is 14.1. The van der Waals surface area contributed by atoms with Gasteiger partial charge in [0.05, 0.1) is 0 Å². The molecule has 0 unspecified atom stereocenters. The molecule has 0 aromatic heterocycles. The van der Waals surface area contributed by atoms with Gasteiger partial charge in [0.2, 0.25) is 0 Å². The van der Waals surface area contributed by atoms with E-state index in [4.69, 9.17) is 13.3 Å². The highest BCUT2D eigenvalue weighted by Crippen LogP contribution is 2.20. The van der Waals surface area contributed by atoms with Crippen molar-refractivity contribution < 1.29 is 13.3 Å². The van der Waals surface area contributed by atoms with Crippen molar-refractivity contribution in [3.63, 3.8) is 0 Å². The summed E-state index contributed by atoms with van der Waals surface area (Å²) in [5, 5.41) is 0. The van der Waals surface area contributed by atoms with Gasteiger partial charge in [0.25, 0.3) is 0 Å². The molecule has 0 amide bonds. The van der Waals surface area contributed by atoms with E-state index in [1.54, 1.807) is 0 Å². The lowest BCUT2D eigenvalue weighted by molar-refractivity contribution is 0.0706. The molecule has 104 valence electrons. The van der Waals surface area contributed by atoms with E-state index in [-0.39, 0.29) is 0 Å². The Morgan fingerprint density at radius 1 is 0.765 bits per heavy atom. The Morgan fingerprint density at radius 3 is 1.65 bits per heavy atom. The highest BCUT2D eigenvalue weighted by atomic mass is 127. The van der Waals surface area contributed by atoms with Crippen molar-refractivity contribution in [2.24, 2.45) is 0 Å². The summed E-state index contributed by atoms with van der Waals surface area (Å²) in [6.45, 7) is 8.07. The maximum absolute atomic E-state index is 5.81. The molecule has 0 aliphatic heterocycles. The van der Waals surface area contributed by atoms with Crippen LogP contribution in [0.15, 0.2) is 0 Å². The third kappa shape index (κ3) is 8.53. The molecule has 0 N–H and O–H groups in total. The van der Waals surface area contributed by atoms with Gasteiger partial charge in [0.1, 0.15) is 0 Å². The lowest BCUT2D eigenvalue weighted by Gasteiger charge is -2.28. The van der Waals surface area contributed by atoms with Gasteiger partial charge in [-0.15, -0.1) is 0 Å². The molecule has 0 saturated carbocycles. The van der Waals surface area contributed by atoms with Crippen molar-refractivity contribution in [3.05, 3.63) is 0 Å². The topological polar surface area (TPSA) is 27.7 Å². The predicted octanol–water partition coefficient (Wildman–Crippen LogP) is 4.03. The standard InChI is InChI=1S/C12H27IO3Si/c1-4-14-17(15-5-2,16-6-3)12-10-8-7-9-11-13/h4-12H2,1-3H3. The third-order valence-corrected chi connectivity index (χ3v) is 6.37. The van der Waals surface area contributed by atoms with Crippen molar-refractivity contribution in [2.45, 2.75) is 52.5 Å². The molecule has 3 nitrogen and oxygen atoms in total. The molecule has 0 fully saturated rings. The molecule has 0 heterocycles. The highest BCUT2D eigenvalue weighted by Gasteiger charge is 2.39. The lowest BCUT2D eigenvalue weighted by atomic mass is 10.2. The number of alkyl halides is 1. The number of hydrogen-bond donors (Lipinski definition) is 0. The summed E-state index contributed by atoms with van der Waals surface area (Å²) in [5.74, 6) is 0. The summed E-state index contributed by atoms with van der Waals surface area (Å²) in [6.07, 6.45) is 5.03. The van der Waals surface area contributed by atoms with Gasteiger partial charge in [-0.1, -0.05) is 35.4 Å². The first-order valence-corrected chi connectivity index (χ1v) is 10.2. The van der Waals surface area contributed by atoms with Gasteiger partial charge in [-0.2, -0.15) is 0 Å². The van der Waals surface area contributed by atoms with Gasteiger partial charge in [0.15, 0.2) is 0 Å². The molecule has 0 saturated heterocycles. The second-order valence-corrected chi connectivity index (χ2v) is 7.65. The predicted molar refractivity (Wildman–Crippen MR) is 82.8 cm³/mol. The summed E-state index contributed by atoms with van der Waals surface area (Å²) in [5.41, 5.74) is 0. The van der Waals surface area contributed by atoms with Crippen LogP contribution in [0.3, 0.4) is 0 Å². The molecule has 0 bridgehead atoms. The van der Waals surface area contributed by atoms with Crippen LogP contribution >= 0.6 is 22.6 Å². The quantitative estimate of drug-likeness (QED) is 0.223. The van der Waals surface area contributed by atoms with Gasteiger partial charge >= 0.3 is 8.80 Å². The van der Waals surface area contributed by atoms with Crippen molar-refractivity contribution in [2.75, 3.05) is 24.2 Å². The Morgan fingerprint density at radius 2 is 1.24 bits per heavy atom. The minimum absolute atomic E-state index is 0.681. The zero-order valence-corrected chi connectivity index (χ0v) is 14.6. The molecule has 0 aromatic rings. The summed E-state index contributed by atoms with van der Waals surface area (Å²) >= 11 is 2.43. The first kappa shape index (κ1) is 17.8. The van der Waals surface area contributed by atoms with Crippen LogP contribution in [-0.2, 0) is 13.3 Å². The maximum Gasteiger partial charge on any atom is 0.500 e. The van der Waals surface area contributed by atoms with Crippen LogP contribution in [0.25, 0.3) is 0 Å². The molecular weight excluding hydrogens is 347 g/mol. The van der Waals surface area contributed by atoms with Gasteiger partial charge in [-0.3, -0.25) is 0 Å². The molecule has 0 aliphatic rings. The minimum atomic E-state index is -2.36. The van der Waals surface area contributed by atoms with E-state index in [9.17, 15) is 0 Å². The molecule has 5 heteroatoms. The van der Waals surface area contributed by atoms with E-state index in [0.29, 0.717) is 19.8 Å². The van der Waals surface area contributed by atoms with Crippen LogP contribution < -0.4 is 0 Å². The smallest absolute Gasteiger partial charge is 0.374 e. The Balaban J connectivity index is 4.05. The fourth-order valence-electron chi connectivity index (χ4n) is 1.79. The zero-order valence-electron chi connectivity index (χ0n) is 11.5. The zero-order chi connectivity index (χ0) is 13.0. The summed E-state index contributed by atoms with van der Waals surface area (Å²) in [7, 11) is -2.36. The number of hydrogen-bond acceptors (Lipinski definition) is 3. The van der Waals surface area contributed by atoms with Crippen LogP contribution in [0.4, 0.5) is 0 Å². The lowest BCUT2D eigenvalue weighted by Crippen LogP contribution is -2.45. The Labute approximate surface area is 121 Å². The van der Waals surface area contributed by atoms with Crippen LogP contribution in [-0.4, -0.2) is 33.1 Å². The van der Waals surface area contributed by atoms with Crippen molar-refractivity contribution in [1.29, 1.82) is 0 Å². The van der Waals surface area contributed by atoms with Crippen molar-refractivity contribution >= 4 is 31.4 Å². The molecule has 0 rings (SSSR count). The average Bonchev–Trinajstić information content (AvgIpc) is 2.30. The SMILES string of the molecule is CCO[Si](CCCCCCI)(OCC)OCC. The summed E-state index contributed by atoms with van der Waals surface area (Å²) in [4.78, 5) is 0. The van der Waals surface area contributed by atoms with Gasteiger partial charge in [-0.05, 0) is 38.0 Å². The fraction of sp³-hybridized carbons (Fsp3) is 1.00. The normalized spacial score (nSPS) is 12.0. The van der Waals surface area contributed by atoms with Gasteiger partial charge in [-0.25, -0.2) is 0 Å². The largest absolute Gasteiger partial charge is 0.500 e. The summed E-state index contributed by atoms with van der Waals surface area (Å²) < 4.78 is 18.7. The van der Waals surface area contributed by atoms with E-state index < -0.39 is 8.80 Å². The minimum Gasteiger partial charge on any atom is -0.374 e. The van der Waals surface area contributed by atoms with Crippen LogP contribution in [0.5, 0.6) is 0 Å². The van der Waals surface area contributed by atoms with Crippen LogP contribution in [0.2, 0.25) is 6.04 Å². The van der Waals surface area contributed by atoms with Gasteiger partial charge in [0, 0.05) is 25.9 Å². The summed E-state index contributed by atoms with van der Waals surface area (Å²) in [6, 6.07) is 0.962. The van der Waals surface area contributed by atoms with Crippen LogP contribution in [0.1, 0.15) is 46.5 Å². The first-order chi connectivity index (χ1) is 8.24. The van der Waals surface area contributed by atoms with E-state index in [0.717, 1.165) is 12.5 Å². The Bertz CT molecular complexity index is 153. The Hall–Kier alpha value is 0.827. The van der Waals surface area contributed by atoms with E-state index in [2.05, 4.69) is 22.6 Å². The van der Waals surface area contributed by atoms with Crippen molar-refractivity contribution in [3.8, 4) is 0 Å². The third-order valence-electron chi connectivity index (χ3n) is 2.46. The number of unbranched alkanes of at least 4 members (excludes halogenated alkanes) is 3. The first-order valence-electron chi connectivity index (χ1n) is 6.72. The second kappa shape index (κ2) is 11.9. The molecule has 0 radical (unpaired) electrons. The number of rotatable bonds is 12. The van der Waals surface area contributed by atoms with Gasteiger partial charge < -0.3 is 13.3 Å². The number of halogens is 1. The van der Waals surface area contributed by atoms with E-state index in [1.807, 2.05) is 20.8 Å². The second-order valence-electron chi connectivity index (χ2n) is 3.84. The van der Waals surface area contributed by atoms with E-state index in [1.165, 1.54) is 23.7 Å². The molecule has 0 atom stereocenters. The fourth-order valence-corrected chi connectivity index (χ4v) is 5.02. The molecule has 0 spiro atoms. The van der Waals surface area contributed by atoms with Crippen LogP contribution in [0, 0.1) is 0 Å². The van der Waals surface area contributed by atoms with E-state index >= 15 is 0 Å². The van der Waals surface area contributed by atoms with Crippen molar-refractivity contribution in [1.82, 2.24) is 0 Å². The molecular formula is C12H27IO3Si. The molecule has 0 aliphatic carbocycles. The Kier molecular flexibility index (Phi) is 12.5. The molecule has 17 heavy (non-hydrogen) atoms. The monoisotopic (exact) mass is 374 g/mol.